The van der Waals surface area contributed by atoms with Crippen molar-refractivity contribution in [1.29, 1.82) is 0 Å². The highest BCUT2D eigenvalue weighted by atomic mass is 16.6. The van der Waals surface area contributed by atoms with E-state index in [0.29, 0.717) is 18.1 Å². The van der Waals surface area contributed by atoms with E-state index in [2.05, 4.69) is 20.8 Å². The minimum absolute atomic E-state index is 0.141. The summed E-state index contributed by atoms with van der Waals surface area (Å²) in [4.78, 5) is 0. The van der Waals surface area contributed by atoms with Gasteiger partial charge < -0.3 is 9.84 Å². The normalized spacial score (nSPS) is 44.0. The fraction of sp³-hybridized carbons (Fsp3) is 1.00. The van der Waals surface area contributed by atoms with Gasteiger partial charge in [-0.25, -0.2) is 0 Å². The van der Waals surface area contributed by atoms with Gasteiger partial charge in [0.2, 0.25) is 0 Å². The van der Waals surface area contributed by atoms with Crippen molar-refractivity contribution in [3.8, 4) is 0 Å². The molecule has 88 valence electrons. The van der Waals surface area contributed by atoms with E-state index >= 15 is 0 Å². The third kappa shape index (κ3) is 2.73. The Morgan fingerprint density at radius 3 is 2.47 bits per heavy atom. The summed E-state index contributed by atoms with van der Waals surface area (Å²) in [6.45, 7) is 8.23. The van der Waals surface area contributed by atoms with Gasteiger partial charge in [-0.1, -0.05) is 20.8 Å². The molecule has 0 spiro atoms. The smallest absolute Gasteiger partial charge is 0.0816 e. The summed E-state index contributed by atoms with van der Waals surface area (Å²) in [6, 6.07) is 0. The van der Waals surface area contributed by atoms with Crippen LogP contribution in [0.4, 0.5) is 0 Å². The fourth-order valence-corrected chi connectivity index (χ4v) is 3.92. The van der Waals surface area contributed by atoms with E-state index in [9.17, 15) is 5.11 Å². The summed E-state index contributed by atoms with van der Waals surface area (Å²) >= 11 is 0. The first-order chi connectivity index (χ1) is 6.95. The molecule has 3 unspecified atom stereocenters. The summed E-state index contributed by atoms with van der Waals surface area (Å²) < 4.78 is 5.33. The summed E-state index contributed by atoms with van der Waals surface area (Å²) in [6.07, 6.45) is 5.13. The number of aliphatic hydroxyl groups excluding tert-OH is 1. The second-order valence-corrected chi connectivity index (χ2v) is 6.67. The minimum Gasteiger partial charge on any atom is -0.396 e. The van der Waals surface area contributed by atoms with Gasteiger partial charge in [-0.2, -0.15) is 0 Å². The zero-order valence-corrected chi connectivity index (χ0v) is 10.3. The first kappa shape index (κ1) is 11.4. The molecule has 2 nitrogen and oxygen atoms in total. The van der Waals surface area contributed by atoms with Crippen LogP contribution in [0.25, 0.3) is 0 Å². The third-order valence-corrected chi connectivity index (χ3v) is 3.93. The van der Waals surface area contributed by atoms with Gasteiger partial charge in [0.25, 0.3) is 0 Å². The molecule has 0 aromatic heterocycles. The van der Waals surface area contributed by atoms with Crippen LogP contribution in [0.3, 0.4) is 0 Å². The Morgan fingerprint density at radius 1 is 1.33 bits per heavy atom. The van der Waals surface area contributed by atoms with Crippen molar-refractivity contribution < 1.29 is 9.84 Å². The number of ether oxygens (including phenoxy) is 1. The molecule has 15 heavy (non-hydrogen) atoms. The van der Waals surface area contributed by atoms with Crippen LogP contribution in [0.1, 0.15) is 46.5 Å². The molecule has 0 radical (unpaired) electrons. The van der Waals surface area contributed by atoms with E-state index in [1.807, 2.05) is 0 Å². The van der Waals surface area contributed by atoms with Gasteiger partial charge in [0.1, 0.15) is 0 Å². The molecule has 1 saturated carbocycles. The van der Waals surface area contributed by atoms with Gasteiger partial charge in [0, 0.05) is 6.61 Å². The maximum absolute atomic E-state index is 9.71. The molecule has 1 aliphatic carbocycles. The Kier molecular flexibility index (Phi) is 2.85. The Balaban J connectivity index is 2.08. The second-order valence-electron chi connectivity index (χ2n) is 6.67. The average molecular weight is 212 g/mol. The molecule has 2 heteroatoms. The van der Waals surface area contributed by atoms with E-state index in [-0.39, 0.29) is 5.41 Å². The van der Waals surface area contributed by atoms with Crippen LogP contribution in [0, 0.1) is 16.7 Å². The lowest BCUT2D eigenvalue weighted by Crippen LogP contribution is -2.40. The van der Waals surface area contributed by atoms with Crippen molar-refractivity contribution in [2.75, 3.05) is 13.2 Å². The maximum Gasteiger partial charge on any atom is 0.0816 e. The molecule has 2 aliphatic rings. The molecule has 1 aliphatic heterocycles. The van der Waals surface area contributed by atoms with E-state index in [1.165, 1.54) is 12.8 Å². The number of hydrogen-bond donors (Lipinski definition) is 1. The van der Waals surface area contributed by atoms with Gasteiger partial charge in [-0.15, -0.1) is 0 Å². The topological polar surface area (TPSA) is 32.8 Å². The highest BCUT2D eigenvalue weighted by molar-refractivity contribution is 4.95. The van der Waals surface area contributed by atoms with Crippen LogP contribution in [0.15, 0.2) is 0 Å². The quantitative estimate of drug-likeness (QED) is 0.729. The summed E-state index contributed by atoms with van der Waals surface area (Å²) in [5.74, 6) is 0.736. The molecule has 2 rings (SSSR count). The predicted octanol–water partition coefficient (Wildman–Crippen LogP) is 2.60. The zero-order valence-electron chi connectivity index (χ0n) is 10.3. The van der Waals surface area contributed by atoms with Crippen molar-refractivity contribution >= 4 is 0 Å². The van der Waals surface area contributed by atoms with Crippen LogP contribution in [-0.4, -0.2) is 24.4 Å². The van der Waals surface area contributed by atoms with E-state index in [4.69, 9.17) is 4.74 Å². The number of rotatable bonds is 3. The molecule has 1 saturated heterocycles. The molecule has 0 aromatic carbocycles. The van der Waals surface area contributed by atoms with Crippen molar-refractivity contribution in [3.05, 3.63) is 0 Å². The lowest BCUT2D eigenvalue weighted by atomic mass is 9.59. The molecule has 0 aromatic rings. The summed E-state index contributed by atoms with van der Waals surface area (Å²) in [7, 11) is 0. The SMILES string of the molecule is CC1CC(C)(C)CC(CO)(CC2CO2)C1. The molecule has 1 N–H and O–H groups in total. The Labute approximate surface area is 93.0 Å². The second kappa shape index (κ2) is 3.74. The van der Waals surface area contributed by atoms with E-state index in [1.54, 1.807) is 0 Å². The third-order valence-electron chi connectivity index (χ3n) is 3.93. The highest BCUT2D eigenvalue weighted by Crippen LogP contribution is 2.51. The molecular weight excluding hydrogens is 188 g/mol. The van der Waals surface area contributed by atoms with Gasteiger partial charge in [-0.3, -0.25) is 0 Å². The highest BCUT2D eigenvalue weighted by Gasteiger charge is 2.45. The van der Waals surface area contributed by atoms with E-state index in [0.717, 1.165) is 25.4 Å². The Hall–Kier alpha value is -0.0800. The monoisotopic (exact) mass is 212 g/mol. The molecular formula is C13H24O2. The lowest BCUT2D eigenvalue weighted by Gasteiger charge is -2.47. The fourth-order valence-electron chi connectivity index (χ4n) is 3.92. The van der Waals surface area contributed by atoms with Crippen LogP contribution in [0.5, 0.6) is 0 Å². The summed E-state index contributed by atoms with van der Waals surface area (Å²) in [5, 5.41) is 9.71. The van der Waals surface area contributed by atoms with Crippen molar-refractivity contribution in [3.63, 3.8) is 0 Å². The van der Waals surface area contributed by atoms with Gasteiger partial charge >= 0.3 is 0 Å². The van der Waals surface area contributed by atoms with Crippen molar-refractivity contribution in [2.45, 2.75) is 52.6 Å². The van der Waals surface area contributed by atoms with Gasteiger partial charge in [0.15, 0.2) is 0 Å². The number of aliphatic hydroxyl groups is 1. The molecule has 2 fully saturated rings. The van der Waals surface area contributed by atoms with Crippen LogP contribution < -0.4 is 0 Å². The number of epoxide rings is 1. The summed E-state index contributed by atoms with van der Waals surface area (Å²) in [5.41, 5.74) is 0.525. The Bertz CT molecular complexity index is 229. The standard InChI is InChI=1S/C13H24O2/c1-10-4-12(2,3)8-13(5-10,9-14)6-11-7-15-11/h10-11,14H,4-9H2,1-3H3. The van der Waals surface area contributed by atoms with Crippen molar-refractivity contribution in [2.24, 2.45) is 16.7 Å². The average Bonchev–Trinajstić information content (AvgIpc) is 2.84. The molecule has 0 amide bonds. The van der Waals surface area contributed by atoms with Gasteiger partial charge in [0.05, 0.1) is 12.7 Å². The largest absolute Gasteiger partial charge is 0.396 e. The minimum atomic E-state index is 0.141. The molecule has 3 atom stereocenters. The van der Waals surface area contributed by atoms with E-state index < -0.39 is 0 Å². The van der Waals surface area contributed by atoms with Crippen LogP contribution in [-0.2, 0) is 4.74 Å². The first-order valence-corrected chi connectivity index (χ1v) is 6.17. The zero-order chi connectivity index (χ0) is 11.1. The number of hydrogen-bond acceptors (Lipinski definition) is 2. The molecule has 1 heterocycles. The van der Waals surface area contributed by atoms with Crippen LogP contribution >= 0.6 is 0 Å². The van der Waals surface area contributed by atoms with Crippen LogP contribution in [0.2, 0.25) is 0 Å². The lowest BCUT2D eigenvalue weighted by molar-refractivity contribution is -0.0104. The maximum atomic E-state index is 9.71. The van der Waals surface area contributed by atoms with Crippen molar-refractivity contribution in [1.82, 2.24) is 0 Å². The van der Waals surface area contributed by atoms with Gasteiger partial charge in [-0.05, 0) is 42.4 Å². The first-order valence-electron chi connectivity index (χ1n) is 6.17. The molecule has 0 bridgehead atoms. The Morgan fingerprint density at radius 2 is 2.00 bits per heavy atom. The predicted molar refractivity (Wildman–Crippen MR) is 60.7 cm³/mol.